The fourth-order valence-electron chi connectivity index (χ4n) is 7.14. The van der Waals surface area contributed by atoms with Gasteiger partial charge in [0.15, 0.2) is 0 Å². The van der Waals surface area contributed by atoms with E-state index >= 15 is 0 Å². The topological polar surface area (TPSA) is 16.4 Å². The van der Waals surface area contributed by atoms with Crippen molar-refractivity contribution in [3.8, 4) is 22.3 Å². The third-order valence-electron chi connectivity index (χ3n) is 9.83. The van der Waals surface area contributed by atoms with E-state index in [1.54, 1.807) is 0 Å². The predicted octanol–water partition coefficient (Wildman–Crippen LogP) is 14.1. The lowest BCUT2D eigenvalue weighted by Gasteiger charge is -2.21. The van der Waals surface area contributed by atoms with E-state index in [9.17, 15) is 0 Å². The molecule has 246 valence electrons. The van der Waals surface area contributed by atoms with E-state index in [1.165, 1.54) is 43.8 Å². The van der Waals surface area contributed by atoms with Crippen molar-refractivity contribution < 1.29 is 4.42 Å². The maximum atomic E-state index is 6.11. The lowest BCUT2D eigenvalue weighted by atomic mass is 9.97. The van der Waals surface area contributed by atoms with Gasteiger partial charge in [-0.25, -0.2) is 0 Å². The molecule has 0 amide bonds. The van der Waals surface area contributed by atoms with Gasteiger partial charge in [-0.05, 0) is 110 Å². The Kier molecular flexibility index (Phi) is 8.03. The lowest BCUT2D eigenvalue weighted by Crippen LogP contribution is -2.07. The fraction of sp³-hybridized carbons (Fsp3) is 0. The normalized spacial score (nSPS) is 11.8. The minimum Gasteiger partial charge on any atom is -0.456 e. The molecule has 0 spiro atoms. The number of hydrogen-bond donors (Lipinski definition) is 0. The van der Waals surface area contributed by atoms with Crippen LogP contribution < -0.4 is 4.90 Å². The molecular formula is C50H35NO. The van der Waals surface area contributed by atoms with Gasteiger partial charge in [-0.1, -0.05) is 146 Å². The Morgan fingerprint density at radius 2 is 1.08 bits per heavy atom. The van der Waals surface area contributed by atoms with E-state index in [1.807, 2.05) is 36.4 Å². The Labute approximate surface area is 303 Å². The molecule has 52 heavy (non-hydrogen) atoms. The van der Waals surface area contributed by atoms with Crippen LogP contribution in [0.2, 0.25) is 0 Å². The number of para-hydroxylation sites is 2. The van der Waals surface area contributed by atoms with Crippen LogP contribution in [0.15, 0.2) is 211 Å². The molecule has 0 unspecified atom stereocenters. The zero-order valence-electron chi connectivity index (χ0n) is 28.6. The van der Waals surface area contributed by atoms with Crippen molar-refractivity contribution in [3.63, 3.8) is 0 Å². The molecule has 0 saturated carbocycles. The summed E-state index contributed by atoms with van der Waals surface area (Å²) >= 11 is 0. The van der Waals surface area contributed by atoms with Crippen LogP contribution in [0.25, 0.3) is 71.3 Å². The second kappa shape index (κ2) is 13.4. The van der Waals surface area contributed by atoms with Crippen molar-refractivity contribution >= 4 is 60.4 Å². The van der Waals surface area contributed by atoms with Crippen molar-refractivity contribution in [2.75, 3.05) is 4.90 Å². The average molecular weight is 666 g/mol. The predicted molar refractivity (Wildman–Crippen MR) is 222 cm³/mol. The van der Waals surface area contributed by atoms with E-state index in [0.29, 0.717) is 0 Å². The van der Waals surface area contributed by atoms with Crippen molar-refractivity contribution in [2.24, 2.45) is 0 Å². The van der Waals surface area contributed by atoms with E-state index in [2.05, 4.69) is 175 Å². The number of fused-ring (bicyclic) bond motifs is 5. The number of rotatable bonds is 8. The smallest absolute Gasteiger partial charge is 0.136 e. The molecule has 0 aliphatic rings. The Morgan fingerprint density at radius 3 is 1.87 bits per heavy atom. The molecule has 0 radical (unpaired) electrons. The van der Waals surface area contributed by atoms with Gasteiger partial charge in [-0.15, -0.1) is 0 Å². The molecule has 0 bridgehead atoms. The van der Waals surface area contributed by atoms with Crippen LogP contribution in [0, 0.1) is 0 Å². The molecule has 0 N–H and O–H groups in total. The number of allylic oxidation sites excluding steroid dienone is 4. The fourth-order valence-corrected chi connectivity index (χ4v) is 7.14. The van der Waals surface area contributed by atoms with Crippen LogP contribution in [0.4, 0.5) is 11.4 Å². The summed E-state index contributed by atoms with van der Waals surface area (Å²) in [4.78, 5) is 2.22. The summed E-state index contributed by atoms with van der Waals surface area (Å²) in [6.07, 6.45) is 8.31. The summed E-state index contributed by atoms with van der Waals surface area (Å²) < 4.78 is 6.11. The first-order valence-corrected chi connectivity index (χ1v) is 17.6. The highest BCUT2D eigenvalue weighted by atomic mass is 16.3. The Morgan fingerprint density at radius 1 is 0.462 bits per heavy atom. The SMILES string of the molecule is C=C(/C=C\C=C\N(c1ccccc1)c1ccc2ccc(-c3ccc(-c4ccc5ccccc5c4)cc3)cc2c1)c1cccc2oc3ccccc3c12. The van der Waals surface area contributed by atoms with Crippen LogP contribution in [-0.2, 0) is 0 Å². The lowest BCUT2D eigenvalue weighted by molar-refractivity contribution is 0.669. The second-order valence-electron chi connectivity index (χ2n) is 13.1. The van der Waals surface area contributed by atoms with Crippen LogP contribution in [0.5, 0.6) is 0 Å². The largest absolute Gasteiger partial charge is 0.456 e. The molecule has 0 aliphatic heterocycles. The molecule has 9 aromatic rings. The van der Waals surface area contributed by atoms with E-state index < -0.39 is 0 Å². The zero-order chi connectivity index (χ0) is 34.9. The van der Waals surface area contributed by atoms with Gasteiger partial charge in [0.2, 0.25) is 0 Å². The number of hydrogen-bond acceptors (Lipinski definition) is 2. The molecule has 1 heterocycles. The molecule has 0 saturated heterocycles. The zero-order valence-corrected chi connectivity index (χ0v) is 28.6. The molecule has 8 aromatic carbocycles. The highest BCUT2D eigenvalue weighted by Crippen LogP contribution is 2.35. The molecular weight excluding hydrogens is 631 g/mol. The number of furan rings is 1. The minimum absolute atomic E-state index is 0.872. The summed E-state index contributed by atoms with van der Waals surface area (Å²) in [5.74, 6) is 0. The maximum Gasteiger partial charge on any atom is 0.136 e. The summed E-state index contributed by atoms with van der Waals surface area (Å²) in [5.41, 5.74) is 10.8. The molecule has 0 fully saturated rings. The summed E-state index contributed by atoms with van der Waals surface area (Å²) in [6, 6.07) is 62.2. The van der Waals surface area contributed by atoms with Crippen LogP contribution in [-0.4, -0.2) is 0 Å². The second-order valence-corrected chi connectivity index (χ2v) is 13.1. The molecule has 0 aliphatic carbocycles. The molecule has 0 atom stereocenters. The van der Waals surface area contributed by atoms with Crippen molar-refractivity contribution in [1.82, 2.24) is 0 Å². The Hall–Kier alpha value is -6.90. The first kappa shape index (κ1) is 31.1. The third-order valence-corrected chi connectivity index (χ3v) is 9.83. The summed E-state index contributed by atoms with van der Waals surface area (Å²) in [5, 5.41) is 7.11. The Bertz CT molecular complexity index is 2800. The van der Waals surface area contributed by atoms with E-state index in [0.717, 1.165) is 44.4 Å². The molecule has 1 aromatic heterocycles. The van der Waals surface area contributed by atoms with Gasteiger partial charge in [-0.2, -0.15) is 0 Å². The number of anilines is 2. The highest BCUT2D eigenvalue weighted by molar-refractivity contribution is 6.10. The van der Waals surface area contributed by atoms with Gasteiger partial charge in [0.05, 0.1) is 0 Å². The van der Waals surface area contributed by atoms with Crippen molar-refractivity contribution in [3.05, 3.63) is 212 Å². The average Bonchev–Trinajstić information content (AvgIpc) is 3.60. The van der Waals surface area contributed by atoms with E-state index in [-0.39, 0.29) is 0 Å². The highest BCUT2D eigenvalue weighted by Gasteiger charge is 2.12. The molecule has 2 nitrogen and oxygen atoms in total. The van der Waals surface area contributed by atoms with Gasteiger partial charge in [-0.3, -0.25) is 0 Å². The first-order chi connectivity index (χ1) is 25.7. The minimum atomic E-state index is 0.872. The monoisotopic (exact) mass is 665 g/mol. The van der Waals surface area contributed by atoms with Gasteiger partial charge < -0.3 is 9.32 Å². The van der Waals surface area contributed by atoms with Crippen molar-refractivity contribution in [2.45, 2.75) is 0 Å². The van der Waals surface area contributed by atoms with Crippen LogP contribution in [0.1, 0.15) is 5.56 Å². The van der Waals surface area contributed by atoms with Gasteiger partial charge in [0.25, 0.3) is 0 Å². The van der Waals surface area contributed by atoms with Crippen LogP contribution >= 0.6 is 0 Å². The quantitative estimate of drug-likeness (QED) is 0.150. The van der Waals surface area contributed by atoms with Gasteiger partial charge in [0, 0.05) is 28.3 Å². The number of nitrogens with zero attached hydrogens (tertiary/aromatic N) is 1. The van der Waals surface area contributed by atoms with Gasteiger partial charge in [0.1, 0.15) is 11.2 Å². The van der Waals surface area contributed by atoms with Gasteiger partial charge >= 0.3 is 0 Å². The van der Waals surface area contributed by atoms with Crippen LogP contribution in [0.3, 0.4) is 0 Å². The standard InChI is InChI=1S/C50H35NO/c1-35(46-18-11-20-49-50(46)47-17-7-8-19-48(47)52-49)12-9-10-31-51(44-15-3-2-4-16-44)45-30-29-39-26-28-42(33-43(39)34-45)38-23-21-37(22-24-38)41-27-25-36-13-5-6-14-40(36)32-41/h2-34H,1H2/b12-9-,31-10+. The summed E-state index contributed by atoms with van der Waals surface area (Å²) in [6.45, 7) is 4.42. The number of benzene rings is 8. The first-order valence-electron chi connectivity index (χ1n) is 17.6. The molecule has 2 heteroatoms. The van der Waals surface area contributed by atoms with Crippen molar-refractivity contribution in [1.29, 1.82) is 0 Å². The van der Waals surface area contributed by atoms with E-state index in [4.69, 9.17) is 4.42 Å². The Balaban J connectivity index is 0.996. The summed E-state index contributed by atoms with van der Waals surface area (Å²) in [7, 11) is 0. The maximum absolute atomic E-state index is 6.11. The molecule has 9 rings (SSSR count). The third kappa shape index (κ3) is 5.97.